The van der Waals surface area contributed by atoms with Crippen molar-refractivity contribution in [1.29, 1.82) is 0 Å². The first-order chi connectivity index (χ1) is 12.6. The van der Waals surface area contributed by atoms with Gasteiger partial charge in [0.25, 0.3) is 0 Å². The maximum Gasteiger partial charge on any atom is 0.320 e. The van der Waals surface area contributed by atoms with E-state index in [1.807, 2.05) is 11.9 Å². The van der Waals surface area contributed by atoms with Gasteiger partial charge in [-0.1, -0.05) is 65.2 Å². The Balaban J connectivity index is 4.15. The van der Waals surface area contributed by atoms with Gasteiger partial charge in [-0.05, 0) is 45.7 Å². The average molecular weight is 370 g/mol. The molecule has 0 aromatic rings. The van der Waals surface area contributed by atoms with Crippen molar-refractivity contribution in [3.63, 3.8) is 0 Å². The number of hydrogen-bond donors (Lipinski definition) is 0. The maximum absolute atomic E-state index is 12.2. The number of esters is 1. The van der Waals surface area contributed by atoms with Crippen molar-refractivity contribution in [1.82, 2.24) is 4.90 Å². The van der Waals surface area contributed by atoms with E-state index in [1.54, 1.807) is 0 Å². The van der Waals surface area contributed by atoms with Gasteiger partial charge in [-0.2, -0.15) is 0 Å². The van der Waals surface area contributed by atoms with Crippen LogP contribution in [0.25, 0.3) is 0 Å². The third kappa shape index (κ3) is 16.6. The van der Waals surface area contributed by atoms with Gasteiger partial charge in [0.15, 0.2) is 0 Å². The lowest BCUT2D eigenvalue weighted by molar-refractivity contribution is -0.150. The largest absolute Gasteiger partial charge is 0.461 e. The molecule has 0 heterocycles. The number of carbonyl (C=O) groups is 2. The Bertz CT molecular complexity index is 319. The van der Waals surface area contributed by atoms with Gasteiger partial charge in [-0.15, -0.1) is 0 Å². The average Bonchev–Trinajstić information content (AvgIpc) is 2.61. The van der Waals surface area contributed by atoms with Crippen LogP contribution < -0.4 is 0 Å². The topological polar surface area (TPSA) is 46.6 Å². The minimum absolute atomic E-state index is 0.0779. The molecule has 0 aliphatic carbocycles. The van der Waals surface area contributed by atoms with Gasteiger partial charge < -0.3 is 9.53 Å². The van der Waals surface area contributed by atoms with Crippen LogP contribution in [-0.4, -0.2) is 43.4 Å². The molecular weight excluding hydrogens is 326 g/mol. The first-order valence-corrected chi connectivity index (χ1v) is 11.0. The number of aldehydes is 1. The van der Waals surface area contributed by atoms with Gasteiger partial charge in [0, 0.05) is 6.42 Å². The monoisotopic (exact) mass is 369 g/mol. The van der Waals surface area contributed by atoms with Crippen molar-refractivity contribution in [2.75, 3.05) is 20.1 Å². The van der Waals surface area contributed by atoms with E-state index in [9.17, 15) is 9.59 Å². The quantitative estimate of drug-likeness (QED) is 0.171. The summed E-state index contributed by atoms with van der Waals surface area (Å²) in [5.74, 6) is -0.120. The zero-order chi connectivity index (χ0) is 19.5. The molecule has 0 bridgehead atoms. The van der Waals surface area contributed by atoms with E-state index in [4.69, 9.17) is 4.74 Å². The Labute approximate surface area is 162 Å². The standard InChI is InChI=1S/C22H43NO3/c1-4-6-8-10-12-16-21(17-13-11-9-7-5-2)26-22(25)20-23(3)18-14-15-19-24/h19,21H,4-18,20H2,1-3H3. The Hall–Kier alpha value is -0.900. The molecule has 0 unspecified atom stereocenters. The van der Waals surface area contributed by atoms with Crippen molar-refractivity contribution < 1.29 is 14.3 Å². The fraction of sp³-hybridized carbons (Fsp3) is 0.909. The summed E-state index contributed by atoms with van der Waals surface area (Å²) in [5, 5.41) is 0. The minimum Gasteiger partial charge on any atom is -0.461 e. The van der Waals surface area contributed by atoms with Crippen LogP contribution in [0.4, 0.5) is 0 Å². The van der Waals surface area contributed by atoms with Crippen LogP contribution in [0.2, 0.25) is 0 Å². The predicted octanol–water partition coefficient (Wildman–Crippen LogP) is 5.53. The second-order valence-corrected chi connectivity index (χ2v) is 7.56. The Kier molecular flexibility index (Phi) is 18.2. The van der Waals surface area contributed by atoms with E-state index >= 15 is 0 Å². The van der Waals surface area contributed by atoms with E-state index in [0.717, 1.165) is 44.9 Å². The molecule has 0 fully saturated rings. The van der Waals surface area contributed by atoms with Crippen molar-refractivity contribution in [3.05, 3.63) is 0 Å². The number of rotatable bonds is 19. The van der Waals surface area contributed by atoms with Gasteiger partial charge >= 0.3 is 5.97 Å². The van der Waals surface area contributed by atoms with Crippen LogP contribution in [0.1, 0.15) is 104 Å². The number of nitrogens with zero attached hydrogens (tertiary/aromatic N) is 1. The highest BCUT2D eigenvalue weighted by molar-refractivity contribution is 5.71. The van der Waals surface area contributed by atoms with E-state index in [-0.39, 0.29) is 12.1 Å². The van der Waals surface area contributed by atoms with E-state index < -0.39 is 0 Å². The van der Waals surface area contributed by atoms with Gasteiger partial charge in [0.05, 0.1) is 6.54 Å². The maximum atomic E-state index is 12.2. The molecule has 0 saturated carbocycles. The molecule has 0 atom stereocenters. The van der Waals surface area contributed by atoms with Crippen molar-refractivity contribution in [3.8, 4) is 0 Å². The molecule has 4 heteroatoms. The molecule has 0 saturated heterocycles. The Morgan fingerprint density at radius 3 is 1.92 bits per heavy atom. The smallest absolute Gasteiger partial charge is 0.320 e. The molecule has 0 aromatic heterocycles. The number of hydrogen-bond acceptors (Lipinski definition) is 4. The molecule has 0 N–H and O–H groups in total. The molecule has 0 radical (unpaired) electrons. The molecular formula is C22H43NO3. The zero-order valence-electron chi connectivity index (χ0n) is 17.6. The fourth-order valence-corrected chi connectivity index (χ4v) is 3.18. The van der Waals surface area contributed by atoms with Crippen LogP contribution in [0.3, 0.4) is 0 Å². The molecule has 0 aromatic carbocycles. The second-order valence-electron chi connectivity index (χ2n) is 7.56. The van der Waals surface area contributed by atoms with Gasteiger partial charge in [0.1, 0.15) is 12.4 Å². The number of likely N-dealkylation sites (N-methyl/N-ethyl adjacent to an activating group) is 1. The lowest BCUT2D eigenvalue weighted by atomic mass is 10.0. The lowest BCUT2D eigenvalue weighted by Crippen LogP contribution is -2.31. The van der Waals surface area contributed by atoms with Crippen LogP contribution >= 0.6 is 0 Å². The molecule has 0 aliphatic heterocycles. The van der Waals surface area contributed by atoms with Crippen LogP contribution in [0, 0.1) is 0 Å². The van der Waals surface area contributed by atoms with Crippen LogP contribution in [-0.2, 0) is 14.3 Å². The molecule has 0 amide bonds. The highest BCUT2D eigenvalue weighted by Gasteiger charge is 2.15. The van der Waals surface area contributed by atoms with E-state index in [2.05, 4.69) is 13.8 Å². The zero-order valence-corrected chi connectivity index (χ0v) is 17.6. The summed E-state index contributed by atoms with van der Waals surface area (Å²) in [5.41, 5.74) is 0. The summed E-state index contributed by atoms with van der Waals surface area (Å²) in [4.78, 5) is 24.6. The first-order valence-electron chi connectivity index (χ1n) is 11.0. The third-order valence-electron chi connectivity index (χ3n) is 4.82. The summed E-state index contributed by atoms with van der Waals surface area (Å²) in [6, 6.07) is 0. The summed E-state index contributed by atoms with van der Waals surface area (Å²) >= 11 is 0. The molecule has 0 aliphatic rings. The highest BCUT2D eigenvalue weighted by Crippen LogP contribution is 2.16. The van der Waals surface area contributed by atoms with Crippen LogP contribution in [0.5, 0.6) is 0 Å². The third-order valence-corrected chi connectivity index (χ3v) is 4.82. The van der Waals surface area contributed by atoms with Crippen molar-refractivity contribution >= 4 is 12.3 Å². The molecule has 0 spiro atoms. The number of carbonyl (C=O) groups excluding carboxylic acids is 2. The van der Waals surface area contributed by atoms with Gasteiger partial charge in [-0.25, -0.2) is 0 Å². The molecule has 154 valence electrons. The normalized spacial score (nSPS) is 11.3. The van der Waals surface area contributed by atoms with E-state index in [0.29, 0.717) is 13.0 Å². The Morgan fingerprint density at radius 1 is 0.885 bits per heavy atom. The molecule has 26 heavy (non-hydrogen) atoms. The summed E-state index contributed by atoms with van der Waals surface area (Å²) in [6.07, 6.45) is 16.8. The molecule has 0 rings (SSSR count). The van der Waals surface area contributed by atoms with E-state index in [1.165, 1.54) is 51.4 Å². The second kappa shape index (κ2) is 18.9. The number of ether oxygens (including phenoxy) is 1. The predicted molar refractivity (Wildman–Crippen MR) is 109 cm³/mol. The lowest BCUT2D eigenvalue weighted by Gasteiger charge is -2.21. The van der Waals surface area contributed by atoms with Crippen molar-refractivity contribution in [2.24, 2.45) is 0 Å². The first kappa shape index (κ1) is 25.1. The summed E-state index contributed by atoms with van der Waals surface area (Å²) < 4.78 is 5.79. The van der Waals surface area contributed by atoms with Crippen molar-refractivity contribution in [2.45, 2.75) is 110 Å². The summed E-state index contributed by atoms with van der Waals surface area (Å²) in [7, 11) is 1.91. The van der Waals surface area contributed by atoms with Crippen LogP contribution in [0.15, 0.2) is 0 Å². The summed E-state index contributed by atoms with van der Waals surface area (Å²) in [6.45, 7) is 5.53. The SMILES string of the molecule is CCCCCCCC(CCCCCCC)OC(=O)CN(C)CCCC=O. The Morgan fingerprint density at radius 2 is 1.42 bits per heavy atom. The van der Waals surface area contributed by atoms with Gasteiger partial charge in [-0.3, -0.25) is 9.69 Å². The fourth-order valence-electron chi connectivity index (χ4n) is 3.18. The number of unbranched alkanes of at least 4 members (excludes halogenated alkanes) is 9. The minimum atomic E-state index is -0.120. The highest BCUT2D eigenvalue weighted by atomic mass is 16.5. The van der Waals surface area contributed by atoms with Gasteiger partial charge in [0.2, 0.25) is 0 Å². The molecule has 4 nitrogen and oxygen atoms in total.